The van der Waals surface area contributed by atoms with Gasteiger partial charge in [-0.2, -0.15) is 4.99 Å². The number of carbonyl (C=O) groups is 1. The van der Waals surface area contributed by atoms with Crippen LogP contribution in [0.25, 0.3) is 5.57 Å². The predicted octanol–water partition coefficient (Wildman–Crippen LogP) is 5.28. The first-order valence-electron chi connectivity index (χ1n) is 8.37. The van der Waals surface area contributed by atoms with Crippen LogP contribution in [0.5, 0.6) is 0 Å². The van der Waals surface area contributed by atoms with Crippen LogP contribution in [0.15, 0.2) is 65.3 Å². The van der Waals surface area contributed by atoms with Gasteiger partial charge >= 0.3 is 0 Å². The van der Waals surface area contributed by atoms with Crippen LogP contribution in [0.2, 0.25) is 5.02 Å². The standard InChI is InChI=1S/C21H21ClN2O/c1-14(2)20-18(15-7-5-4-6-8-15)13-19(24(20)3)23-21(25)16-9-11-17(22)12-10-16/h4-12,14H,13H2,1-3H3. The van der Waals surface area contributed by atoms with Gasteiger partial charge in [0.15, 0.2) is 0 Å². The molecule has 0 aromatic heterocycles. The Morgan fingerprint density at radius 1 is 1.08 bits per heavy atom. The van der Waals surface area contributed by atoms with Gasteiger partial charge in [0.2, 0.25) is 0 Å². The van der Waals surface area contributed by atoms with Crippen LogP contribution < -0.4 is 0 Å². The zero-order chi connectivity index (χ0) is 18.0. The molecule has 4 heteroatoms. The van der Waals surface area contributed by atoms with Crippen molar-refractivity contribution in [1.29, 1.82) is 0 Å². The number of carbonyl (C=O) groups excluding carboxylic acids is 1. The molecule has 1 heterocycles. The smallest absolute Gasteiger partial charge is 0.278 e. The molecule has 2 aromatic carbocycles. The van der Waals surface area contributed by atoms with Crippen LogP contribution in [0, 0.1) is 5.92 Å². The van der Waals surface area contributed by atoms with E-state index in [1.165, 1.54) is 16.8 Å². The molecule has 0 saturated heterocycles. The van der Waals surface area contributed by atoms with Gasteiger partial charge < -0.3 is 4.90 Å². The van der Waals surface area contributed by atoms with E-state index >= 15 is 0 Å². The highest BCUT2D eigenvalue weighted by Gasteiger charge is 2.28. The molecule has 3 rings (SSSR count). The zero-order valence-corrected chi connectivity index (χ0v) is 15.4. The van der Waals surface area contributed by atoms with E-state index in [1.807, 2.05) is 25.2 Å². The molecule has 0 N–H and O–H groups in total. The third-order valence-corrected chi connectivity index (χ3v) is 4.64. The molecule has 0 fully saturated rings. The molecule has 0 radical (unpaired) electrons. The van der Waals surface area contributed by atoms with E-state index in [9.17, 15) is 4.79 Å². The van der Waals surface area contributed by atoms with E-state index < -0.39 is 0 Å². The molecule has 0 spiro atoms. The Kier molecular flexibility index (Phi) is 5.05. The maximum atomic E-state index is 12.5. The number of amides is 1. The van der Waals surface area contributed by atoms with Crippen molar-refractivity contribution in [2.24, 2.45) is 10.9 Å². The lowest BCUT2D eigenvalue weighted by Gasteiger charge is -2.21. The number of halogens is 1. The van der Waals surface area contributed by atoms with Gasteiger partial charge in [-0.3, -0.25) is 4.79 Å². The zero-order valence-electron chi connectivity index (χ0n) is 14.7. The first kappa shape index (κ1) is 17.4. The van der Waals surface area contributed by atoms with Crippen molar-refractivity contribution >= 4 is 28.9 Å². The molecule has 2 aromatic rings. The Morgan fingerprint density at radius 2 is 1.72 bits per heavy atom. The lowest BCUT2D eigenvalue weighted by atomic mass is 9.98. The van der Waals surface area contributed by atoms with E-state index in [0.29, 0.717) is 22.9 Å². The van der Waals surface area contributed by atoms with E-state index in [4.69, 9.17) is 11.6 Å². The maximum absolute atomic E-state index is 12.5. The van der Waals surface area contributed by atoms with Crippen molar-refractivity contribution in [3.8, 4) is 0 Å². The van der Waals surface area contributed by atoms with Crippen molar-refractivity contribution < 1.29 is 4.79 Å². The second-order valence-electron chi connectivity index (χ2n) is 6.46. The van der Waals surface area contributed by atoms with Crippen molar-refractivity contribution in [2.45, 2.75) is 20.3 Å². The van der Waals surface area contributed by atoms with Crippen molar-refractivity contribution in [3.05, 3.63) is 76.4 Å². The number of amidine groups is 1. The number of benzene rings is 2. The SMILES string of the molecule is CC(C)C1=C(c2ccccc2)CC(=NC(=O)c2ccc(Cl)cc2)N1C. The Balaban J connectivity index is 1.93. The number of allylic oxidation sites excluding steroid dienone is 1. The average molecular weight is 353 g/mol. The van der Waals surface area contributed by atoms with Crippen LogP contribution >= 0.6 is 11.6 Å². The van der Waals surface area contributed by atoms with Gasteiger partial charge in [0.1, 0.15) is 5.84 Å². The van der Waals surface area contributed by atoms with Gasteiger partial charge in [0.25, 0.3) is 5.91 Å². The number of aliphatic imine (C=N–C) groups is 1. The first-order chi connectivity index (χ1) is 12.0. The number of rotatable bonds is 3. The fourth-order valence-electron chi connectivity index (χ4n) is 3.22. The molecule has 0 aliphatic carbocycles. The van der Waals surface area contributed by atoms with Crippen LogP contribution in [0.1, 0.15) is 36.2 Å². The largest absolute Gasteiger partial charge is 0.336 e. The van der Waals surface area contributed by atoms with Gasteiger partial charge in [-0.25, -0.2) is 0 Å². The molecule has 0 atom stereocenters. The summed E-state index contributed by atoms with van der Waals surface area (Å²) in [5.74, 6) is 0.886. The summed E-state index contributed by atoms with van der Waals surface area (Å²) in [7, 11) is 1.99. The minimum Gasteiger partial charge on any atom is -0.336 e. The topological polar surface area (TPSA) is 32.7 Å². The second-order valence-corrected chi connectivity index (χ2v) is 6.90. The molecule has 3 nitrogen and oxygen atoms in total. The monoisotopic (exact) mass is 352 g/mol. The third kappa shape index (κ3) is 3.67. The van der Waals surface area contributed by atoms with E-state index in [-0.39, 0.29) is 5.91 Å². The lowest BCUT2D eigenvalue weighted by molar-refractivity contribution is 0.100. The highest BCUT2D eigenvalue weighted by molar-refractivity contribution is 6.30. The molecular weight excluding hydrogens is 332 g/mol. The summed E-state index contributed by atoms with van der Waals surface area (Å²) >= 11 is 5.89. The van der Waals surface area contributed by atoms with Gasteiger partial charge in [0, 0.05) is 29.8 Å². The van der Waals surface area contributed by atoms with E-state index in [2.05, 4.69) is 35.9 Å². The molecule has 1 aliphatic rings. The van der Waals surface area contributed by atoms with Crippen molar-refractivity contribution in [3.63, 3.8) is 0 Å². The van der Waals surface area contributed by atoms with Gasteiger partial charge in [-0.15, -0.1) is 0 Å². The molecule has 1 aliphatic heterocycles. The van der Waals surface area contributed by atoms with Gasteiger partial charge in [-0.1, -0.05) is 55.8 Å². The fraction of sp³-hybridized carbons (Fsp3) is 0.238. The lowest BCUT2D eigenvalue weighted by Crippen LogP contribution is -2.23. The van der Waals surface area contributed by atoms with Crippen molar-refractivity contribution in [2.75, 3.05) is 7.05 Å². The van der Waals surface area contributed by atoms with Crippen LogP contribution in [0.3, 0.4) is 0 Å². The minimum absolute atomic E-state index is 0.240. The van der Waals surface area contributed by atoms with Crippen LogP contribution in [-0.2, 0) is 0 Å². The highest BCUT2D eigenvalue weighted by Crippen LogP contribution is 2.35. The summed E-state index contributed by atoms with van der Waals surface area (Å²) < 4.78 is 0. The molecular formula is C21H21ClN2O. The molecule has 25 heavy (non-hydrogen) atoms. The molecule has 128 valence electrons. The fourth-order valence-corrected chi connectivity index (χ4v) is 3.35. The predicted molar refractivity (Wildman–Crippen MR) is 104 cm³/mol. The summed E-state index contributed by atoms with van der Waals surface area (Å²) in [6.07, 6.45) is 0.660. The Labute approximate surface area is 153 Å². The van der Waals surface area contributed by atoms with Gasteiger partial charge in [0.05, 0.1) is 0 Å². The van der Waals surface area contributed by atoms with Crippen LogP contribution in [0.4, 0.5) is 0 Å². The maximum Gasteiger partial charge on any atom is 0.278 e. The molecule has 0 bridgehead atoms. The normalized spacial score (nSPS) is 16.2. The number of hydrogen-bond donors (Lipinski definition) is 0. The highest BCUT2D eigenvalue weighted by atomic mass is 35.5. The van der Waals surface area contributed by atoms with Crippen LogP contribution in [-0.4, -0.2) is 23.7 Å². The molecule has 1 amide bonds. The Bertz CT molecular complexity index is 836. The second kappa shape index (κ2) is 7.24. The number of hydrogen-bond acceptors (Lipinski definition) is 1. The van der Waals surface area contributed by atoms with E-state index in [0.717, 1.165) is 5.84 Å². The summed E-state index contributed by atoms with van der Waals surface area (Å²) in [4.78, 5) is 18.9. The minimum atomic E-state index is -0.240. The summed E-state index contributed by atoms with van der Waals surface area (Å²) in [5, 5.41) is 0.609. The first-order valence-corrected chi connectivity index (χ1v) is 8.75. The summed E-state index contributed by atoms with van der Waals surface area (Å²) in [6.45, 7) is 4.33. The molecule has 0 unspecified atom stereocenters. The Hall–Kier alpha value is -2.39. The molecule has 0 saturated carbocycles. The summed E-state index contributed by atoms with van der Waals surface area (Å²) in [5.41, 5.74) is 4.18. The number of nitrogens with zero attached hydrogens (tertiary/aromatic N) is 2. The van der Waals surface area contributed by atoms with Gasteiger partial charge in [-0.05, 0) is 41.3 Å². The summed E-state index contributed by atoms with van der Waals surface area (Å²) in [6, 6.07) is 17.1. The third-order valence-electron chi connectivity index (χ3n) is 4.38. The van der Waals surface area contributed by atoms with Crippen molar-refractivity contribution in [1.82, 2.24) is 4.90 Å². The average Bonchev–Trinajstić information content (AvgIpc) is 2.93. The van der Waals surface area contributed by atoms with E-state index in [1.54, 1.807) is 24.3 Å². The Morgan fingerprint density at radius 3 is 2.32 bits per heavy atom. The quantitative estimate of drug-likeness (QED) is 0.752.